The van der Waals surface area contributed by atoms with Gasteiger partial charge in [0.25, 0.3) is 0 Å². The number of hydrogen-bond donors (Lipinski definition) is 2. The average molecular weight is 233 g/mol. The Morgan fingerprint density at radius 3 is 2.88 bits per heavy atom. The van der Waals surface area contributed by atoms with Crippen LogP contribution in [0.4, 0.5) is 0 Å². The summed E-state index contributed by atoms with van der Waals surface area (Å²) < 4.78 is 0. The van der Waals surface area contributed by atoms with E-state index in [0.29, 0.717) is 0 Å². The summed E-state index contributed by atoms with van der Waals surface area (Å²) >= 11 is 4.70. The zero-order valence-electron chi connectivity index (χ0n) is 9.29. The normalized spacial score (nSPS) is 14.7. The van der Waals surface area contributed by atoms with Gasteiger partial charge in [-0.15, -0.1) is 0 Å². The molecular formula is C12H15N3S. The van der Waals surface area contributed by atoms with Gasteiger partial charge in [-0.2, -0.15) is 5.10 Å². The molecule has 1 aromatic carbocycles. The topological polar surface area (TPSA) is 50.4 Å². The van der Waals surface area contributed by atoms with Gasteiger partial charge >= 0.3 is 0 Å². The highest BCUT2D eigenvalue weighted by Gasteiger charge is 2.11. The number of rotatable bonds is 2. The van der Waals surface area contributed by atoms with Crippen molar-refractivity contribution < 1.29 is 0 Å². The molecule has 0 heterocycles. The fourth-order valence-corrected chi connectivity index (χ4v) is 2.05. The summed E-state index contributed by atoms with van der Waals surface area (Å²) in [6.45, 7) is 1.95. The first-order valence-electron chi connectivity index (χ1n) is 5.39. The molecule has 3 nitrogen and oxygen atoms in total. The van der Waals surface area contributed by atoms with Crippen molar-refractivity contribution >= 4 is 23.0 Å². The Balaban J connectivity index is 2.21. The van der Waals surface area contributed by atoms with Crippen molar-refractivity contribution in [1.82, 2.24) is 5.43 Å². The number of hydrazone groups is 1. The number of benzene rings is 1. The quantitative estimate of drug-likeness (QED) is 0.465. The molecule has 1 aromatic rings. The van der Waals surface area contributed by atoms with Crippen LogP contribution in [0.2, 0.25) is 0 Å². The molecule has 0 aromatic heterocycles. The highest BCUT2D eigenvalue weighted by molar-refractivity contribution is 7.80. The lowest BCUT2D eigenvalue weighted by Gasteiger charge is -2.05. The van der Waals surface area contributed by atoms with E-state index in [0.717, 1.165) is 11.3 Å². The van der Waals surface area contributed by atoms with Crippen molar-refractivity contribution in [3.8, 4) is 0 Å². The summed E-state index contributed by atoms with van der Waals surface area (Å²) in [7, 11) is 0. The second-order valence-corrected chi connectivity index (χ2v) is 4.45. The summed E-state index contributed by atoms with van der Waals surface area (Å²) in [6.07, 6.45) is 3.65. The summed E-state index contributed by atoms with van der Waals surface area (Å²) in [5.41, 5.74) is 12.9. The number of hydrogen-bond acceptors (Lipinski definition) is 2. The maximum atomic E-state index is 5.32. The van der Waals surface area contributed by atoms with E-state index >= 15 is 0 Å². The number of fused-ring (bicyclic) bond motifs is 1. The minimum absolute atomic E-state index is 0.195. The number of nitrogens with two attached hydrogens (primary N) is 1. The summed E-state index contributed by atoms with van der Waals surface area (Å²) in [4.78, 5) is 0. The van der Waals surface area contributed by atoms with E-state index < -0.39 is 0 Å². The largest absolute Gasteiger partial charge is 0.375 e. The Labute approximate surface area is 101 Å². The first kappa shape index (κ1) is 11.1. The van der Waals surface area contributed by atoms with Crippen LogP contribution in [-0.4, -0.2) is 10.8 Å². The summed E-state index contributed by atoms with van der Waals surface area (Å²) in [6, 6.07) is 6.50. The molecule has 0 aliphatic heterocycles. The maximum absolute atomic E-state index is 5.32. The molecule has 0 bridgehead atoms. The zero-order valence-corrected chi connectivity index (χ0v) is 10.1. The van der Waals surface area contributed by atoms with E-state index in [4.69, 9.17) is 18.0 Å². The molecule has 0 saturated heterocycles. The molecule has 1 aliphatic rings. The van der Waals surface area contributed by atoms with Crippen LogP contribution in [0.15, 0.2) is 23.3 Å². The Morgan fingerprint density at radius 2 is 2.12 bits per heavy atom. The van der Waals surface area contributed by atoms with Crippen molar-refractivity contribution in [2.24, 2.45) is 10.8 Å². The van der Waals surface area contributed by atoms with Gasteiger partial charge in [0, 0.05) is 0 Å². The van der Waals surface area contributed by atoms with E-state index in [2.05, 4.69) is 28.7 Å². The van der Waals surface area contributed by atoms with Gasteiger partial charge in [-0.3, -0.25) is 5.43 Å². The minimum atomic E-state index is 0.195. The fraction of sp³-hybridized carbons (Fsp3) is 0.333. The van der Waals surface area contributed by atoms with Gasteiger partial charge in [0.2, 0.25) is 0 Å². The molecule has 3 N–H and O–H groups in total. The number of aryl methyl sites for hydroxylation is 2. The third kappa shape index (κ3) is 2.39. The predicted molar refractivity (Wildman–Crippen MR) is 70.6 cm³/mol. The smallest absolute Gasteiger partial charge is 0.184 e. The molecule has 1 aliphatic carbocycles. The van der Waals surface area contributed by atoms with Crippen LogP contribution < -0.4 is 11.2 Å². The molecule has 84 valence electrons. The molecule has 16 heavy (non-hydrogen) atoms. The minimum Gasteiger partial charge on any atom is -0.375 e. The van der Waals surface area contributed by atoms with E-state index in [-0.39, 0.29) is 5.11 Å². The van der Waals surface area contributed by atoms with Crippen molar-refractivity contribution in [2.45, 2.75) is 26.2 Å². The van der Waals surface area contributed by atoms with E-state index in [1.54, 1.807) is 0 Å². The van der Waals surface area contributed by atoms with Gasteiger partial charge in [0.05, 0.1) is 5.71 Å². The van der Waals surface area contributed by atoms with Gasteiger partial charge in [-0.05, 0) is 61.2 Å². The van der Waals surface area contributed by atoms with Crippen LogP contribution in [0.5, 0.6) is 0 Å². The molecule has 0 atom stereocenters. The van der Waals surface area contributed by atoms with Crippen LogP contribution in [0.3, 0.4) is 0 Å². The van der Waals surface area contributed by atoms with Gasteiger partial charge in [-0.1, -0.05) is 12.1 Å². The van der Waals surface area contributed by atoms with Crippen molar-refractivity contribution in [1.29, 1.82) is 0 Å². The van der Waals surface area contributed by atoms with Gasteiger partial charge in [0.15, 0.2) is 5.11 Å². The van der Waals surface area contributed by atoms with Crippen molar-refractivity contribution in [3.63, 3.8) is 0 Å². The Morgan fingerprint density at radius 1 is 1.38 bits per heavy atom. The molecule has 0 fully saturated rings. The number of nitrogens with one attached hydrogen (secondary N) is 1. The summed E-state index contributed by atoms with van der Waals surface area (Å²) in [5.74, 6) is 0. The Hall–Kier alpha value is -1.42. The molecule has 0 radical (unpaired) electrons. The highest BCUT2D eigenvalue weighted by Crippen LogP contribution is 2.22. The molecule has 0 unspecified atom stereocenters. The third-order valence-electron chi connectivity index (χ3n) is 2.85. The highest BCUT2D eigenvalue weighted by atomic mass is 32.1. The lowest BCUT2D eigenvalue weighted by Crippen LogP contribution is -2.25. The molecule has 2 rings (SSSR count). The van der Waals surface area contributed by atoms with Gasteiger partial charge in [-0.25, -0.2) is 0 Å². The lowest BCUT2D eigenvalue weighted by atomic mass is 10.0. The predicted octanol–water partition coefficient (Wildman–Crippen LogP) is 1.73. The molecule has 4 heteroatoms. The number of thiocarbonyl (C=S) groups is 1. The summed E-state index contributed by atoms with van der Waals surface area (Å²) in [5, 5.41) is 4.31. The Kier molecular flexibility index (Phi) is 3.19. The van der Waals surface area contributed by atoms with Gasteiger partial charge < -0.3 is 5.73 Å². The van der Waals surface area contributed by atoms with Crippen molar-refractivity contribution in [2.75, 3.05) is 0 Å². The van der Waals surface area contributed by atoms with Crippen LogP contribution >= 0.6 is 12.2 Å². The van der Waals surface area contributed by atoms with Crippen LogP contribution in [0, 0.1) is 0 Å². The maximum Gasteiger partial charge on any atom is 0.184 e. The second-order valence-electron chi connectivity index (χ2n) is 4.01. The van der Waals surface area contributed by atoms with Crippen LogP contribution in [0.1, 0.15) is 30.0 Å². The third-order valence-corrected chi connectivity index (χ3v) is 2.94. The molecule has 0 amide bonds. The van der Waals surface area contributed by atoms with E-state index in [9.17, 15) is 0 Å². The SMILES string of the molecule is CC(=NNC(N)=S)c1ccc2c(c1)CCC2. The van der Waals surface area contributed by atoms with E-state index in [1.165, 1.54) is 30.4 Å². The first-order valence-corrected chi connectivity index (χ1v) is 5.79. The first-order chi connectivity index (χ1) is 7.66. The molecule has 0 spiro atoms. The monoisotopic (exact) mass is 233 g/mol. The van der Waals surface area contributed by atoms with Crippen molar-refractivity contribution in [3.05, 3.63) is 34.9 Å². The second kappa shape index (κ2) is 4.61. The van der Waals surface area contributed by atoms with Gasteiger partial charge in [0.1, 0.15) is 0 Å². The van der Waals surface area contributed by atoms with Crippen LogP contribution in [0.25, 0.3) is 0 Å². The number of nitrogens with zero attached hydrogens (tertiary/aromatic N) is 1. The standard InChI is InChI=1S/C12H15N3S/c1-8(14-15-12(13)16)10-6-5-9-3-2-4-11(9)7-10/h5-7H,2-4H2,1H3,(H3,13,15,16). The average Bonchev–Trinajstić information content (AvgIpc) is 2.72. The lowest BCUT2D eigenvalue weighted by molar-refractivity contribution is 0.911. The van der Waals surface area contributed by atoms with Crippen LogP contribution in [-0.2, 0) is 12.8 Å². The molecule has 0 saturated carbocycles. The van der Waals surface area contributed by atoms with E-state index in [1.807, 2.05) is 6.92 Å². The zero-order chi connectivity index (χ0) is 11.5. The molecular weight excluding hydrogens is 218 g/mol. The Bertz CT molecular complexity index is 452. The fourth-order valence-electron chi connectivity index (χ4n) is 2.00.